The van der Waals surface area contributed by atoms with Gasteiger partial charge in [0.1, 0.15) is 10.6 Å². The molecule has 0 aromatic carbocycles. The molecule has 1 saturated heterocycles. The first kappa shape index (κ1) is 18.6. The van der Waals surface area contributed by atoms with Gasteiger partial charge in [-0.15, -0.1) is 5.10 Å². The van der Waals surface area contributed by atoms with E-state index in [1.807, 2.05) is 17.9 Å². The second-order valence-electron chi connectivity index (χ2n) is 6.83. The van der Waals surface area contributed by atoms with Gasteiger partial charge in [0.05, 0.1) is 18.5 Å². The summed E-state index contributed by atoms with van der Waals surface area (Å²) in [7, 11) is 1.53. The lowest BCUT2D eigenvalue weighted by Crippen LogP contribution is -2.39. The number of methoxy groups -OCH3 is 1. The van der Waals surface area contributed by atoms with Crippen LogP contribution in [0.5, 0.6) is 5.88 Å². The molecule has 9 nitrogen and oxygen atoms in total. The number of hydrogen-bond donors (Lipinski definition) is 0. The Morgan fingerprint density at radius 1 is 1.36 bits per heavy atom. The Balaban J connectivity index is 1.40. The predicted molar refractivity (Wildman–Crippen MR) is 100 cm³/mol. The summed E-state index contributed by atoms with van der Waals surface area (Å²) in [5.41, 5.74) is 1.71. The van der Waals surface area contributed by atoms with Crippen molar-refractivity contribution in [1.82, 2.24) is 24.8 Å². The maximum absolute atomic E-state index is 12.7. The van der Waals surface area contributed by atoms with Crippen molar-refractivity contribution in [3.63, 3.8) is 0 Å². The average molecular weight is 403 g/mol. The standard InChI is InChI=1S/C18H21N5O4S/c1-11-8-14(27-20-11)18-17(19-22-28-18)12-4-3-7-23(10-12)16(24)6-5-13-9-15(25-2)21-26-13/h8-9,12H,3-7,10H2,1-2H3/t12-/m1/s1. The number of hydrogen-bond acceptors (Lipinski definition) is 9. The van der Waals surface area contributed by atoms with Crippen LogP contribution < -0.4 is 4.74 Å². The highest BCUT2D eigenvalue weighted by atomic mass is 32.1. The van der Waals surface area contributed by atoms with Crippen LogP contribution in [0.1, 0.15) is 42.3 Å². The van der Waals surface area contributed by atoms with Gasteiger partial charge in [-0.25, -0.2) is 0 Å². The fourth-order valence-electron chi connectivity index (χ4n) is 3.43. The largest absolute Gasteiger partial charge is 0.479 e. The number of ether oxygens (including phenoxy) is 1. The van der Waals surface area contributed by atoms with Crippen LogP contribution in [0.15, 0.2) is 21.2 Å². The summed E-state index contributed by atoms with van der Waals surface area (Å²) >= 11 is 1.30. The minimum atomic E-state index is 0.0975. The van der Waals surface area contributed by atoms with Crippen LogP contribution in [-0.4, -0.2) is 50.9 Å². The van der Waals surface area contributed by atoms with Crippen molar-refractivity contribution >= 4 is 17.4 Å². The van der Waals surface area contributed by atoms with Gasteiger partial charge in [-0.05, 0) is 36.5 Å². The number of likely N-dealkylation sites (tertiary alicyclic amines) is 1. The van der Waals surface area contributed by atoms with E-state index in [1.165, 1.54) is 18.6 Å². The molecule has 1 aliphatic heterocycles. The molecule has 0 N–H and O–H groups in total. The lowest BCUT2D eigenvalue weighted by atomic mass is 9.93. The number of nitrogens with zero attached hydrogens (tertiary/aromatic N) is 5. The van der Waals surface area contributed by atoms with E-state index in [2.05, 4.69) is 19.9 Å². The molecule has 0 radical (unpaired) electrons. The number of aromatic nitrogens is 4. The van der Waals surface area contributed by atoms with Crippen LogP contribution >= 0.6 is 11.5 Å². The van der Waals surface area contributed by atoms with Crippen molar-refractivity contribution < 1.29 is 18.6 Å². The first-order chi connectivity index (χ1) is 13.6. The molecule has 3 aromatic rings. The average Bonchev–Trinajstić information content (AvgIpc) is 3.46. The quantitative estimate of drug-likeness (QED) is 0.618. The molecule has 3 aromatic heterocycles. The molecule has 1 fully saturated rings. The molecule has 0 bridgehead atoms. The lowest BCUT2D eigenvalue weighted by molar-refractivity contribution is -0.132. The minimum absolute atomic E-state index is 0.0975. The zero-order valence-corrected chi connectivity index (χ0v) is 16.6. The Morgan fingerprint density at radius 2 is 2.25 bits per heavy atom. The molecule has 4 rings (SSSR count). The zero-order valence-electron chi connectivity index (χ0n) is 15.8. The molecule has 0 aliphatic carbocycles. The van der Waals surface area contributed by atoms with E-state index in [0.29, 0.717) is 36.8 Å². The molecule has 0 saturated carbocycles. The molecule has 28 heavy (non-hydrogen) atoms. The van der Waals surface area contributed by atoms with Gasteiger partial charge >= 0.3 is 0 Å². The van der Waals surface area contributed by atoms with E-state index in [1.54, 1.807) is 6.07 Å². The van der Waals surface area contributed by atoms with Gasteiger partial charge in [0.25, 0.3) is 5.88 Å². The summed E-state index contributed by atoms with van der Waals surface area (Å²) in [5, 5.41) is 12.0. The van der Waals surface area contributed by atoms with Gasteiger partial charge in [-0.1, -0.05) is 9.64 Å². The van der Waals surface area contributed by atoms with Gasteiger partial charge in [0, 0.05) is 44.0 Å². The van der Waals surface area contributed by atoms with E-state index in [0.717, 1.165) is 35.7 Å². The van der Waals surface area contributed by atoms with Gasteiger partial charge < -0.3 is 18.7 Å². The third-order valence-corrected chi connectivity index (χ3v) is 5.61. The van der Waals surface area contributed by atoms with E-state index < -0.39 is 0 Å². The van der Waals surface area contributed by atoms with Crippen LogP contribution in [-0.2, 0) is 11.2 Å². The molecule has 0 unspecified atom stereocenters. The highest BCUT2D eigenvalue weighted by Gasteiger charge is 2.29. The summed E-state index contributed by atoms with van der Waals surface area (Å²) < 4.78 is 19.7. The molecule has 1 atom stereocenters. The number of carbonyl (C=O) groups is 1. The lowest BCUT2D eigenvalue weighted by Gasteiger charge is -2.32. The Hall–Kier alpha value is -2.75. The summed E-state index contributed by atoms with van der Waals surface area (Å²) in [6, 6.07) is 3.59. The Bertz CT molecular complexity index is 949. The molecule has 1 aliphatic rings. The monoisotopic (exact) mass is 403 g/mol. The fourth-order valence-corrected chi connectivity index (χ4v) is 4.13. The van der Waals surface area contributed by atoms with Crippen LogP contribution in [0.3, 0.4) is 0 Å². The summed E-state index contributed by atoms with van der Waals surface area (Å²) in [5.74, 6) is 1.99. The number of carbonyl (C=O) groups excluding carboxylic acids is 1. The molecule has 1 amide bonds. The molecular formula is C18H21N5O4S. The third-order valence-electron chi connectivity index (χ3n) is 4.86. The van der Waals surface area contributed by atoms with Crippen molar-refractivity contribution in [2.45, 2.75) is 38.5 Å². The van der Waals surface area contributed by atoms with Gasteiger partial charge in [0.15, 0.2) is 5.76 Å². The normalized spacial score (nSPS) is 17.1. The molecule has 0 spiro atoms. The van der Waals surface area contributed by atoms with Crippen molar-refractivity contribution in [1.29, 1.82) is 0 Å². The third kappa shape index (κ3) is 3.91. The summed E-state index contributed by atoms with van der Waals surface area (Å²) in [6.45, 7) is 3.26. The Kier molecular flexibility index (Phi) is 5.38. The van der Waals surface area contributed by atoms with Gasteiger partial charge in [-0.2, -0.15) is 0 Å². The van der Waals surface area contributed by atoms with Crippen LogP contribution in [0.4, 0.5) is 0 Å². The van der Waals surface area contributed by atoms with E-state index >= 15 is 0 Å². The van der Waals surface area contributed by atoms with Crippen LogP contribution in [0.25, 0.3) is 10.6 Å². The summed E-state index contributed by atoms with van der Waals surface area (Å²) in [4.78, 5) is 15.5. The first-order valence-corrected chi connectivity index (χ1v) is 9.94. The topological polar surface area (TPSA) is 107 Å². The number of piperidine rings is 1. The van der Waals surface area contributed by atoms with E-state index in [9.17, 15) is 4.79 Å². The SMILES string of the molecule is COc1cc(CCC(=O)N2CCC[C@@H](c3nnsc3-c3cc(C)no3)C2)on1. The molecule has 4 heterocycles. The number of rotatable bonds is 6. The van der Waals surface area contributed by atoms with Crippen molar-refractivity contribution in [3.05, 3.63) is 29.3 Å². The van der Waals surface area contributed by atoms with E-state index in [-0.39, 0.29) is 11.8 Å². The summed E-state index contributed by atoms with van der Waals surface area (Å²) in [6.07, 6.45) is 2.76. The van der Waals surface area contributed by atoms with Gasteiger partial charge in [-0.3, -0.25) is 4.79 Å². The van der Waals surface area contributed by atoms with Crippen LogP contribution in [0, 0.1) is 6.92 Å². The highest BCUT2D eigenvalue weighted by Crippen LogP contribution is 2.35. The predicted octanol–water partition coefficient (Wildman–Crippen LogP) is 2.84. The second kappa shape index (κ2) is 8.09. The van der Waals surface area contributed by atoms with E-state index in [4.69, 9.17) is 13.8 Å². The number of aryl methyl sites for hydroxylation is 2. The van der Waals surface area contributed by atoms with Crippen molar-refractivity contribution in [2.24, 2.45) is 0 Å². The highest BCUT2D eigenvalue weighted by molar-refractivity contribution is 7.09. The van der Waals surface area contributed by atoms with Crippen molar-refractivity contribution in [2.75, 3.05) is 20.2 Å². The Labute approximate surface area is 165 Å². The fraction of sp³-hybridized carbons (Fsp3) is 0.500. The maximum atomic E-state index is 12.7. The second-order valence-corrected chi connectivity index (χ2v) is 7.59. The maximum Gasteiger partial charge on any atom is 0.254 e. The number of amides is 1. The first-order valence-electron chi connectivity index (χ1n) is 9.17. The zero-order chi connectivity index (χ0) is 19.5. The molecule has 10 heteroatoms. The van der Waals surface area contributed by atoms with Crippen molar-refractivity contribution in [3.8, 4) is 16.5 Å². The molecule has 148 valence electrons. The Morgan fingerprint density at radius 3 is 3.00 bits per heavy atom. The molecular weight excluding hydrogens is 382 g/mol. The van der Waals surface area contributed by atoms with Crippen LogP contribution in [0.2, 0.25) is 0 Å². The van der Waals surface area contributed by atoms with Gasteiger partial charge in [0.2, 0.25) is 5.91 Å². The minimum Gasteiger partial charge on any atom is -0.479 e. The smallest absolute Gasteiger partial charge is 0.254 e.